The lowest BCUT2D eigenvalue weighted by Gasteiger charge is -2.20. The zero-order valence-corrected chi connectivity index (χ0v) is 16.0. The van der Waals surface area contributed by atoms with Crippen LogP contribution in [0.1, 0.15) is 98.8 Å². The second-order valence-corrected chi connectivity index (χ2v) is 7.93. The van der Waals surface area contributed by atoms with Crippen LogP contribution in [0.25, 0.3) is 0 Å². The highest BCUT2D eigenvalue weighted by Crippen LogP contribution is 2.18. The first kappa shape index (κ1) is 21.0. The zero-order chi connectivity index (χ0) is 16.1. The predicted molar refractivity (Wildman–Crippen MR) is 97.9 cm³/mol. The summed E-state index contributed by atoms with van der Waals surface area (Å²) in [7, 11) is 2.24. The van der Waals surface area contributed by atoms with Crippen molar-refractivity contribution in [3.63, 3.8) is 0 Å². The SMILES string of the molecule is CC(C)CC(C)CCCCCCCCCCN(C)C(C)C. The number of rotatable bonds is 14. The Balaban J connectivity index is 3.19. The maximum atomic E-state index is 2.46. The van der Waals surface area contributed by atoms with E-state index in [0.29, 0.717) is 6.04 Å². The first-order chi connectivity index (χ1) is 9.93. The van der Waals surface area contributed by atoms with Gasteiger partial charge in [-0.1, -0.05) is 72.1 Å². The molecule has 0 aliphatic rings. The normalized spacial score (nSPS) is 13.6. The molecule has 0 aliphatic heterocycles. The molecule has 1 nitrogen and oxygen atoms in total. The van der Waals surface area contributed by atoms with Gasteiger partial charge in [-0.05, 0) is 52.1 Å². The van der Waals surface area contributed by atoms with Crippen LogP contribution in [0.15, 0.2) is 0 Å². The van der Waals surface area contributed by atoms with Gasteiger partial charge in [0.15, 0.2) is 0 Å². The lowest BCUT2D eigenvalue weighted by Crippen LogP contribution is -2.27. The molecule has 0 heterocycles. The fraction of sp³-hybridized carbons (Fsp3) is 1.00. The van der Waals surface area contributed by atoms with Gasteiger partial charge in [0.2, 0.25) is 0 Å². The van der Waals surface area contributed by atoms with Crippen molar-refractivity contribution in [3.05, 3.63) is 0 Å². The van der Waals surface area contributed by atoms with Crippen LogP contribution in [0.3, 0.4) is 0 Å². The maximum absolute atomic E-state index is 2.46. The standard InChI is InChI=1S/C20H43N/c1-18(2)17-20(5)15-13-11-9-7-8-10-12-14-16-21(6)19(3)4/h18-20H,7-17H2,1-6H3. The molecule has 0 bridgehead atoms. The molecule has 0 aromatic rings. The van der Waals surface area contributed by atoms with E-state index in [0.717, 1.165) is 11.8 Å². The Morgan fingerprint density at radius 1 is 0.667 bits per heavy atom. The zero-order valence-electron chi connectivity index (χ0n) is 16.0. The second-order valence-electron chi connectivity index (χ2n) is 7.93. The highest BCUT2D eigenvalue weighted by Gasteiger charge is 2.04. The van der Waals surface area contributed by atoms with Crippen LogP contribution in [0, 0.1) is 11.8 Å². The first-order valence-corrected chi connectivity index (χ1v) is 9.63. The largest absolute Gasteiger partial charge is 0.304 e. The lowest BCUT2D eigenvalue weighted by atomic mass is 9.93. The predicted octanol–water partition coefficient (Wildman–Crippen LogP) is 6.52. The molecule has 0 N–H and O–H groups in total. The minimum Gasteiger partial charge on any atom is -0.304 e. The summed E-state index contributed by atoms with van der Waals surface area (Å²) >= 11 is 0. The third kappa shape index (κ3) is 14.7. The number of hydrogen-bond donors (Lipinski definition) is 0. The van der Waals surface area contributed by atoms with E-state index in [2.05, 4.69) is 46.6 Å². The van der Waals surface area contributed by atoms with E-state index >= 15 is 0 Å². The van der Waals surface area contributed by atoms with Crippen LogP contribution in [-0.2, 0) is 0 Å². The van der Waals surface area contributed by atoms with Gasteiger partial charge < -0.3 is 4.90 Å². The van der Waals surface area contributed by atoms with E-state index in [9.17, 15) is 0 Å². The fourth-order valence-electron chi connectivity index (χ4n) is 3.10. The van der Waals surface area contributed by atoms with E-state index in [1.807, 2.05) is 0 Å². The van der Waals surface area contributed by atoms with E-state index in [-0.39, 0.29) is 0 Å². The van der Waals surface area contributed by atoms with E-state index < -0.39 is 0 Å². The molecular formula is C20H43N. The molecule has 0 aromatic heterocycles. The molecule has 0 amide bonds. The summed E-state index contributed by atoms with van der Waals surface area (Å²) in [6.45, 7) is 12.9. The Bertz CT molecular complexity index is 210. The summed E-state index contributed by atoms with van der Waals surface area (Å²) < 4.78 is 0. The Morgan fingerprint density at radius 3 is 1.62 bits per heavy atom. The third-order valence-electron chi connectivity index (χ3n) is 4.71. The minimum absolute atomic E-state index is 0.697. The van der Waals surface area contributed by atoms with Gasteiger partial charge >= 0.3 is 0 Å². The van der Waals surface area contributed by atoms with E-state index in [4.69, 9.17) is 0 Å². The lowest BCUT2D eigenvalue weighted by molar-refractivity contribution is 0.267. The van der Waals surface area contributed by atoms with Crippen molar-refractivity contribution in [1.82, 2.24) is 4.90 Å². The van der Waals surface area contributed by atoms with Gasteiger partial charge in [-0.25, -0.2) is 0 Å². The van der Waals surface area contributed by atoms with Crippen molar-refractivity contribution in [3.8, 4) is 0 Å². The smallest absolute Gasteiger partial charge is 0.00355 e. The Morgan fingerprint density at radius 2 is 1.14 bits per heavy atom. The topological polar surface area (TPSA) is 3.24 Å². The summed E-state index contributed by atoms with van der Waals surface area (Å²) in [6.07, 6.45) is 14.4. The molecular weight excluding hydrogens is 254 g/mol. The van der Waals surface area contributed by atoms with Gasteiger partial charge in [0, 0.05) is 6.04 Å². The average Bonchev–Trinajstić information content (AvgIpc) is 2.39. The number of nitrogens with zero attached hydrogens (tertiary/aromatic N) is 1. The molecule has 1 heteroatoms. The molecule has 0 radical (unpaired) electrons. The molecule has 21 heavy (non-hydrogen) atoms. The number of unbranched alkanes of at least 4 members (excludes halogenated alkanes) is 7. The van der Waals surface area contributed by atoms with Crippen molar-refractivity contribution < 1.29 is 0 Å². The van der Waals surface area contributed by atoms with E-state index in [1.54, 1.807) is 0 Å². The first-order valence-electron chi connectivity index (χ1n) is 9.63. The van der Waals surface area contributed by atoms with Crippen LogP contribution in [0.4, 0.5) is 0 Å². The molecule has 128 valence electrons. The summed E-state index contributed by atoms with van der Waals surface area (Å²) in [6, 6.07) is 0.697. The third-order valence-corrected chi connectivity index (χ3v) is 4.71. The molecule has 0 saturated carbocycles. The Hall–Kier alpha value is -0.0400. The molecule has 1 atom stereocenters. The monoisotopic (exact) mass is 297 g/mol. The molecule has 0 aliphatic carbocycles. The quantitative estimate of drug-likeness (QED) is 0.330. The average molecular weight is 298 g/mol. The van der Waals surface area contributed by atoms with Crippen molar-refractivity contribution >= 4 is 0 Å². The van der Waals surface area contributed by atoms with Gasteiger partial charge in [-0.15, -0.1) is 0 Å². The van der Waals surface area contributed by atoms with Gasteiger partial charge in [-0.2, -0.15) is 0 Å². The minimum atomic E-state index is 0.697. The van der Waals surface area contributed by atoms with Crippen molar-refractivity contribution in [2.24, 2.45) is 11.8 Å². The Kier molecular flexibility index (Phi) is 13.6. The molecule has 0 rings (SSSR count). The van der Waals surface area contributed by atoms with Gasteiger partial charge in [-0.3, -0.25) is 0 Å². The summed E-state index contributed by atoms with van der Waals surface area (Å²) in [5, 5.41) is 0. The van der Waals surface area contributed by atoms with Crippen LogP contribution >= 0.6 is 0 Å². The molecule has 0 saturated heterocycles. The number of hydrogen-bond acceptors (Lipinski definition) is 1. The van der Waals surface area contributed by atoms with Crippen molar-refractivity contribution in [2.75, 3.05) is 13.6 Å². The molecule has 0 aromatic carbocycles. The van der Waals surface area contributed by atoms with Crippen LogP contribution in [-0.4, -0.2) is 24.5 Å². The second kappa shape index (κ2) is 13.6. The van der Waals surface area contributed by atoms with Crippen LogP contribution in [0.5, 0.6) is 0 Å². The Labute approximate surface area is 135 Å². The van der Waals surface area contributed by atoms with E-state index in [1.165, 1.54) is 70.8 Å². The van der Waals surface area contributed by atoms with Crippen LogP contribution in [0.2, 0.25) is 0 Å². The van der Waals surface area contributed by atoms with Gasteiger partial charge in [0.25, 0.3) is 0 Å². The summed E-state index contributed by atoms with van der Waals surface area (Å²) in [5.41, 5.74) is 0. The molecule has 1 unspecified atom stereocenters. The highest BCUT2D eigenvalue weighted by molar-refractivity contribution is 4.58. The summed E-state index contributed by atoms with van der Waals surface area (Å²) in [5.74, 6) is 1.80. The highest BCUT2D eigenvalue weighted by atomic mass is 15.1. The summed E-state index contributed by atoms with van der Waals surface area (Å²) in [4.78, 5) is 2.46. The van der Waals surface area contributed by atoms with Gasteiger partial charge in [0.05, 0.1) is 0 Å². The molecule has 0 fully saturated rings. The van der Waals surface area contributed by atoms with Crippen molar-refractivity contribution in [1.29, 1.82) is 0 Å². The van der Waals surface area contributed by atoms with Crippen LogP contribution < -0.4 is 0 Å². The molecule has 0 spiro atoms. The van der Waals surface area contributed by atoms with Gasteiger partial charge in [0.1, 0.15) is 0 Å². The van der Waals surface area contributed by atoms with Crippen molar-refractivity contribution in [2.45, 2.75) is 105 Å². The fourth-order valence-corrected chi connectivity index (χ4v) is 3.10. The maximum Gasteiger partial charge on any atom is 0.00355 e.